The Morgan fingerprint density at radius 3 is 2.67 bits per heavy atom. The first-order valence-corrected chi connectivity index (χ1v) is 7.12. The van der Waals surface area contributed by atoms with E-state index in [1.807, 2.05) is 6.92 Å². The smallest absolute Gasteiger partial charge is 0.393 e. The highest BCUT2D eigenvalue weighted by Gasteiger charge is 2.37. The third-order valence-electron chi connectivity index (χ3n) is 3.53. The van der Waals surface area contributed by atoms with E-state index in [9.17, 15) is 14.8 Å². The van der Waals surface area contributed by atoms with Crippen molar-refractivity contribution >= 4 is 17.4 Å². The zero-order valence-electron chi connectivity index (χ0n) is 12.5. The van der Waals surface area contributed by atoms with E-state index in [1.54, 1.807) is 32.0 Å². The van der Waals surface area contributed by atoms with Gasteiger partial charge in [-0.25, -0.2) is 4.79 Å². The van der Waals surface area contributed by atoms with Crippen LogP contribution in [0, 0.1) is 12.1 Å². The number of esters is 1. The third-order valence-corrected chi connectivity index (χ3v) is 3.53. The highest BCUT2D eigenvalue weighted by atomic mass is 16.5. The first-order valence-electron chi connectivity index (χ1n) is 7.12. The number of rotatable bonds is 4. The monoisotopic (exact) mass is 289 g/mol. The molecule has 0 aromatic heterocycles. The molecule has 1 atom stereocenters. The van der Waals surface area contributed by atoms with Gasteiger partial charge in [0.05, 0.1) is 17.7 Å². The lowest BCUT2D eigenvalue weighted by Crippen LogP contribution is -3.02. The molecular formula is C16H19NO4. The zero-order valence-corrected chi connectivity index (χ0v) is 12.5. The van der Waals surface area contributed by atoms with Crippen LogP contribution in [-0.4, -0.2) is 18.4 Å². The van der Waals surface area contributed by atoms with Crippen LogP contribution >= 0.6 is 0 Å². The number of quaternary nitrogens is 1. The number of hydroxylamine groups is 1. The molecule has 0 spiro atoms. The summed E-state index contributed by atoms with van der Waals surface area (Å²) in [5.74, 6) is -0.939. The summed E-state index contributed by atoms with van der Waals surface area (Å²) in [6.07, 6.45) is 1.07. The van der Waals surface area contributed by atoms with Crippen LogP contribution in [0.5, 0.6) is 0 Å². The Kier molecular flexibility index (Phi) is 4.55. The number of carbonyl (C=O) groups is 2. The first kappa shape index (κ1) is 15.4. The zero-order chi connectivity index (χ0) is 15.6. The Bertz CT molecular complexity index is 619. The van der Waals surface area contributed by atoms with Crippen LogP contribution in [0.15, 0.2) is 29.5 Å². The van der Waals surface area contributed by atoms with Gasteiger partial charge in [-0.15, -0.1) is 0 Å². The fourth-order valence-electron chi connectivity index (χ4n) is 2.60. The molecule has 0 saturated heterocycles. The molecule has 0 fully saturated rings. The molecule has 1 N–H and O–H groups in total. The Labute approximate surface area is 123 Å². The number of hydrogen-bond donors (Lipinski definition) is 1. The number of para-hydroxylation sites is 1. The summed E-state index contributed by atoms with van der Waals surface area (Å²) in [7, 11) is 0. The molecule has 1 aliphatic rings. The Hall–Kier alpha value is -1.98. The van der Waals surface area contributed by atoms with Crippen LogP contribution < -0.4 is 5.06 Å². The van der Waals surface area contributed by atoms with Crippen molar-refractivity contribution < 1.29 is 19.4 Å². The molecule has 0 saturated carbocycles. The molecule has 0 aliphatic carbocycles. The fraction of sp³-hybridized carbons (Fsp3) is 0.375. The van der Waals surface area contributed by atoms with Crippen LogP contribution in [0.3, 0.4) is 0 Å². The van der Waals surface area contributed by atoms with Crippen LogP contribution in [0.4, 0.5) is 5.69 Å². The summed E-state index contributed by atoms with van der Waals surface area (Å²) >= 11 is 0. The number of fused-ring (bicyclic) bond motifs is 1. The minimum absolute atomic E-state index is 0.0921. The Morgan fingerprint density at radius 1 is 1.33 bits per heavy atom. The van der Waals surface area contributed by atoms with Crippen LogP contribution in [0.25, 0.3) is 0 Å². The van der Waals surface area contributed by atoms with Crippen molar-refractivity contribution in [3.05, 3.63) is 45.8 Å². The average molecular weight is 289 g/mol. The van der Waals surface area contributed by atoms with Gasteiger partial charge in [0.2, 0.25) is 11.5 Å². The largest absolute Gasteiger partial charge is 0.623 e. The van der Waals surface area contributed by atoms with Gasteiger partial charge in [0, 0.05) is 5.56 Å². The van der Waals surface area contributed by atoms with Gasteiger partial charge in [-0.3, -0.25) is 4.79 Å². The lowest BCUT2D eigenvalue weighted by Gasteiger charge is -2.31. The summed E-state index contributed by atoms with van der Waals surface area (Å²) < 4.78 is 4.96. The summed E-state index contributed by atoms with van der Waals surface area (Å²) in [5, 5.41) is 12.3. The van der Waals surface area contributed by atoms with E-state index in [0.717, 1.165) is 0 Å². The van der Waals surface area contributed by atoms with Gasteiger partial charge in [0.25, 0.3) is 0 Å². The number of aryl methyl sites for hydroxylation is 1. The maximum Gasteiger partial charge on any atom is 0.393 e. The molecule has 21 heavy (non-hydrogen) atoms. The molecule has 112 valence electrons. The third kappa shape index (κ3) is 2.62. The molecule has 1 unspecified atom stereocenters. The number of benzene rings is 1. The van der Waals surface area contributed by atoms with Gasteiger partial charge in [-0.05, 0) is 26.3 Å². The summed E-state index contributed by atoms with van der Waals surface area (Å²) in [6.45, 7) is 5.51. The lowest BCUT2D eigenvalue weighted by molar-refractivity contribution is -0.728. The quantitative estimate of drug-likeness (QED) is 0.678. The summed E-state index contributed by atoms with van der Waals surface area (Å²) in [6, 6.07) is 5.15. The van der Waals surface area contributed by atoms with Crippen molar-refractivity contribution in [2.24, 2.45) is 0 Å². The molecule has 1 aliphatic heterocycles. The number of ketones is 1. The molecular weight excluding hydrogens is 270 g/mol. The van der Waals surface area contributed by atoms with E-state index in [0.29, 0.717) is 29.7 Å². The van der Waals surface area contributed by atoms with Gasteiger partial charge in [0.15, 0.2) is 5.69 Å². The second kappa shape index (κ2) is 6.20. The molecule has 0 radical (unpaired) electrons. The first-order chi connectivity index (χ1) is 10.0. The second-order valence-corrected chi connectivity index (χ2v) is 4.98. The van der Waals surface area contributed by atoms with Gasteiger partial charge in [-0.2, -0.15) is 0 Å². The second-order valence-electron chi connectivity index (χ2n) is 4.98. The molecule has 1 aromatic carbocycles. The predicted molar refractivity (Wildman–Crippen MR) is 78.1 cm³/mol. The number of nitrogens with one attached hydrogen (secondary N) is 1. The van der Waals surface area contributed by atoms with E-state index in [4.69, 9.17) is 4.74 Å². The number of hydrogen-bond acceptors (Lipinski definition) is 4. The topological polar surface area (TPSA) is 70.9 Å². The standard InChI is InChI=1S/C16H19NO4/c1-4-7-11-14(16(19)21-5-2)17(20)13-10(3)8-6-9-12(13)15(11)18/h6,8-9,17H,4-5,7H2,1-3H3. The highest BCUT2D eigenvalue weighted by molar-refractivity contribution is 6.15. The van der Waals surface area contributed by atoms with Crippen molar-refractivity contribution in [1.29, 1.82) is 0 Å². The molecule has 2 rings (SSSR count). The number of Topliss-reactive ketones (excluding diaryl/α,β-unsaturated/α-hetero) is 1. The van der Waals surface area contributed by atoms with Gasteiger partial charge in [0.1, 0.15) is 0 Å². The van der Waals surface area contributed by atoms with Crippen molar-refractivity contribution in [1.82, 2.24) is 0 Å². The number of carbonyl (C=O) groups excluding carboxylic acids is 2. The predicted octanol–water partition coefficient (Wildman–Crippen LogP) is 1.82. The molecule has 0 amide bonds. The van der Waals surface area contributed by atoms with Crippen LogP contribution in [0.1, 0.15) is 42.6 Å². The van der Waals surface area contributed by atoms with E-state index in [2.05, 4.69) is 0 Å². The maximum absolute atomic E-state index is 12.7. The van der Waals surface area contributed by atoms with Gasteiger partial charge >= 0.3 is 5.97 Å². The average Bonchev–Trinajstić information content (AvgIpc) is 2.44. The Balaban J connectivity index is 2.62. The van der Waals surface area contributed by atoms with Crippen molar-refractivity contribution in [2.45, 2.75) is 33.6 Å². The highest BCUT2D eigenvalue weighted by Crippen LogP contribution is 2.27. The summed E-state index contributed by atoms with van der Waals surface area (Å²) in [4.78, 5) is 24.7. The molecule has 5 heteroatoms. The van der Waals surface area contributed by atoms with E-state index < -0.39 is 11.0 Å². The minimum Gasteiger partial charge on any atom is -0.623 e. The van der Waals surface area contributed by atoms with E-state index in [1.165, 1.54) is 0 Å². The normalized spacial score (nSPS) is 17.7. The van der Waals surface area contributed by atoms with Crippen molar-refractivity contribution in [2.75, 3.05) is 6.61 Å². The number of ether oxygens (including phenoxy) is 1. The SMILES string of the molecule is CCCC1=C(C(=O)OCC)[NH+]([O-])c2c(C)cccc2C1=O. The van der Waals surface area contributed by atoms with E-state index in [-0.39, 0.29) is 23.7 Å². The summed E-state index contributed by atoms with van der Waals surface area (Å²) in [5.41, 5.74) is 1.59. The van der Waals surface area contributed by atoms with Crippen LogP contribution in [0.2, 0.25) is 0 Å². The molecule has 5 nitrogen and oxygen atoms in total. The van der Waals surface area contributed by atoms with Crippen molar-refractivity contribution in [3.63, 3.8) is 0 Å². The van der Waals surface area contributed by atoms with E-state index >= 15 is 0 Å². The van der Waals surface area contributed by atoms with Crippen LogP contribution in [-0.2, 0) is 9.53 Å². The number of allylic oxidation sites excluding steroid dienone is 1. The minimum atomic E-state index is -0.701. The molecule has 1 aromatic rings. The van der Waals surface area contributed by atoms with Gasteiger partial charge in [-0.1, -0.05) is 25.5 Å². The lowest BCUT2D eigenvalue weighted by atomic mass is 9.91. The maximum atomic E-state index is 12.7. The van der Waals surface area contributed by atoms with Gasteiger partial charge < -0.3 is 15.0 Å². The molecule has 0 bridgehead atoms. The Morgan fingerprint density at radius 2 is 2.05 bits per heavy atom. The fourth-order valence-corrected chi connectivity index (χ4v) is 2.60. The molecule has 1 heterocycles. The van der Waals surface area contributed by atoms with Crippen molar-refractivity contribution in [3.8, 4) is 0 Å².